The van der Waals surface area contributed by atoms with E-state index in [1.165, 1.54) is 36.0 Å². The van der Waals surface area contributed by atoms with Crippen molar-refractivity contribution in [3.05, 3.63) is 113 Å². The van der Waals surface area contributed by atoms with Gasteiger partial charge in [0.25, 0.3) is 0 Å². The molecule has 0 aliphatic carbocycles. The molecule has 4 aliphatic heterocycles. The van der Waals surface area contributed by atoms with Crippen LogP contribution in [0.15, 0.2) is 101 Å². The molecule has 21 nitrogen and oxygen atoms in total. The van der Waals surface area contributed by atoms with Gasteiger partial charge in [-0.2, -0.15) is 26.3 Å². The number of aromatic amines is 2. The van der Waals surface area contributed by atoms with Gasteiger partial charge in [0.2, 0.25) is 17.7 Å². The number of hydrogen-bond acceptors (Lipinski definition) is 14. The minimum atomic E-state index is -4.48. The lowest BCUT2D eigenvalue weighted by atomic mass is 9.90. The number of H-pyrrole nitrogens is 2. The van der Waals surface area contributed by atoms with E-state index < -0.39 is 79.6 Å². The number of esters is 1. The van der Waals surface area contributed by atoms with E-state index in [1.807, 2.05) is 107 Å². The third-order valence-electron chi connectivity index (χ3n) is 16.6. The molecule has 5 aromatic rings. The van der Waals surface area contributed by atoms with Crippen molar-refractivity contribution >= 4 is 63.2 Å². The second-order valence-electron chi connectivity index (χ2n) is 24.1. The summed E-state index contributed by atoms with van der Waals surface area (Å²) in [6, 6.07) is 19.8. The number of benzene rings is 3. The summed E-state index contributed by atoms with van der Waals surface area (Å²) in [5.74, 6) is -1.98. The van der Waals surface area contributed by atoms with E-state index in [1.54, 1.807) is 31.1 Å². The number of alkyl halides is 6. The number of carbonyl (C=O) groups is 6. The number of rotatable bonds is 19. The van der Waals surface area contributed by atoms with Crippen LogP contribution in [0.4, 0.5) is 35.9 Å². The van der Waals surface area contributed by atoms with Crippen LogP contribution in [0, 0.1) is 23.7 Å². The molecule has 0 bridgehead atoms. The van der Waals surface area contributed by atoms with Gasteiger partial charge in [0.15, 0.2) is 0 Å². The Kier molecular flexibility index (Phi) is 22.8. The summed E-state index contributed by atoms with van der Waals surface area (Å²) in [4.78, 5) is 104. The van der Waals surface area contributed by atoms with Gasteiger partial charge in [-0.25, -0.2) is 19.6 Å². The highest BCUT2D eigenvalue weighted by atomic mass is 79.9. The summed E-state index contributed by atoms with van der Waals surface area (Å²) < 4.78 is 94.7. The molecule has 6 heterocycles. The second kappa shape index (κ2) is 30.1. The molecule has 0 saturated carbocycles. The fourth-order valence-electron chi connectivity index (χ4n) is 11.7. The first kappa shape index (κ1) is 69.8. The summed E-state index contributed by atoms with van der Waals surface area (Å²) in [7, 11) is 3.68. The van der Waals surface area contributed by atoms with Crippen LogP contribution >= 0.6 is 15.9 Å². The van der Waals surface area contributed by atoms with Crippen LogP contribution in [0.2, 0.25) is 0 Å². The molecule has 0 unspecified atom stereocenters. The number of ether oxygens (including phenoxy) is 3. The molecular weight excluding hydrogens is 1270 g/mol. The van der Waals surface area contributed by atoms with E-state index in [2.05, 4.69) is 56.2 Å². The zero-order chi connectivity index (χ0) is 66.9. The molecule has 92 heavy (non-hydrogen) atoms. The highest BCUT2D eigenvalue weighted by Crippen LogP contribution is 2.37. The number of alkyl carbamates (subject to hydrolysis) is 2. The van der Waals surface area contributed by atoms with E-state index >= 15 is 0 Å². The van der Waals surface area contributed by atoms with Gasteiger partial charge in [-0.15, -0.1) is 0 Å². The normalized spacial score (nSPS) is 18.9. The van der Waals surface area contributed by atoms with Gasteiger partial charge >= 0.3 is 30.5 Å². The zero-order valence-corrected chi connectivity index (χ0v) is 54.1. The highest BCUT2D eigenvalue weighted by Gasteiger charge is 2.46. The zero-order valence-electron chi connectivity index (χ0n) is 52.5. The van der Waals surface area contributed by atoms with E-state index in [0.29, 0.717) is 36.0 Å². The lowest BCUT2D eigenvalue weighted by molar-refractivity contribution is -0.151. The van der Waals surface area contributed by atoms with Crippen LogP contribution < -0.4 is 10.6 Å². The van der Waals surface area contributed by atoms with Crippen LogP contribution in [-0.4, -0.2) is 184 Å². The van der Waals surface area contributed by atoms with Crippen molar-refractivity contribution in [3.8, 4) is 33.6 Å². The highest BCUT2D eigenvalue weighted by molar-refractivity contribution is 9.10. The Bertz CT molecular complexity index is 3470. The number of methoxy groups -OCH3 is 3. The average molecular weight is 1350 g/mol. The maximum atomic E-state index is 13.7. The maximum absolute atomic E-state index is 13.7. The number of amides is 5. The molecule has 0 radical (unpaired) electrons. The van der Waals surface area contributed by atoms with Gasteiger partial charge in [-0.1, -0.05) is 124 Å². The van der Waals surface area contributed by atoms with E-state index in [9.17, 15) is 55.1 Å². The number of aromatic nitrogens is 4. The molecule has 28 heteroatoms. The quantitative estimate of drug-likeness (QED) is 0.0342. The van der Waals surface area contributed by atoms with Crippen molar-refractivity contribution in [2.24, 2.45) is 28.7 Å². The Morgan fingerprint density at radius 3 is 1.49 bits per heavy atom. The van der Waals surface area contributed by atoms with E-state index in [4.69, 9.17) is 9.47 Å². The average Bonchev–Trinajstić information content (AvgIpc) is 1.68. The number of likely N-dealkylation sites (tertiary alicyclic amines) is 1. The Morgan fingerprint density at radius 1 is 0.587 bits per heavy atom. The van der Waals surface area contributed by atoms with E-state index in [-0.39, 0.29) is 68.5 Å². The van der Waals surface area contributed by atoms with Crippen molar-refractivity contribution in [1.29, 1.82) is 0 Å². The number of halogens is 7. The van der Waals surface area contributed by atoms with E-state index in [0.717, 1.165) is 61.4 Å². The lowest BCUT2D eigenvalue weighted by Gasteiger charge is -2.30. The number of nitrogens with one attached hydrogen (secondary N) is 4. The SMILES string of the molecule is COC(=O)C[C@H](C(=O)N1CN(CC(F)(F)F)C[C@H]1C1=NC(c2ccc(Br)cc2)=CC1)C(C)C.COC(=O)N[C@H](C(=O)N1CCC[C@H]1c1ncc(-c2ccc(-c3ccc(-c4cnc([C@@H]5CN(CC(F)(F)F)CN5C(=O)[C@@H](NC(=O)OC)C(C)C)[nH]4)cc3)cc2)[nH]1)C(C)C. The smallest absolute Gasteiger partial charge is 0.407 e. The summed E-state index contributed by atoms with van der Waals surface area (Å²) >= 11 is 3.39. The molecular formula is C64H77BrF6N12O9. The number of nitrogens with zero attached hydrogens (tertiary/aromatic N) is 8. The van der Waals surface area contributed by atoms with Crippen LogP contribution in [0.5, 0.6) is 0 Å². The molecule has 0 spiro atoms. The molecule has 3 saturated heterocycles. The van der Waals surface area contributed by atoms with Crippen LogP contribution in [-0.2, 0) is 33.4 Å². The third-order valence-corrected chi connectivity index (χ3v) is 17.1. The summed E-state index contributed by atoms with van der Waals surface area (Å²) in [5, 5.41) is 5.18. The number of carbonyl (C=O) groups excluding carboxylic acids is 6. The van der Waals surface area contributed by atoms with Crippen molar-refractivity contribution in [1.82, 2.24) is 55.1 Å². The summed E-state index contributed by atoms with van der Waals surface area (Å²) in [6.45, 7) is 8.52. The van der Waals surface area contributed by atoms with Crippen LogP contribution in [0.25, 0.3) is 39.3 Å². The molecule has 4 N–H and O–H groups in total. The maximum Gasteiger partial charge on any atom is 0.407 e. The fraction of sp³-hybridized carbons (Fsp3) is 0.484. The largest absolute Gasteiger partial charge is 0.469 e. The number of imidazole rings is 2. The third kappa shape index (κ3) is 17.5. The molecule has 5 amide bonds. The molecule has 6 atom stereocenters. The summed E-state index contributed by atoms with van der Waals surface area (Å²) in [5.41, 5.74) is 7.28. The topological polar surface area (TPSA) is 240 Å². The standard InChI is InChI=1S/C41H50F3N9O6.C23H27BrF3N3O3/c1-23(2)33(49-39(56)58-5)37(54)52-17-7-8-31(52)35-45-18-29(47-35)27-13-9-25(10-14-27)26-11-15-28(16-12-26)30-19-46-36(48-30)32-20-51(21-41(42,43)44)22-53(32)38(55)34(24(3)4)50-40(57)59-6;1-14(2)17(10-21(31)33-3)22(32)30-13-29(12-23(25,26)27)11-20(30)19-9-8-18(28-19)15-4-6-16(24)7-5-15/h9-16,18-19,23-24,31-34H,7-8,17,20-22H2,1-6H3,(H,45,47)(H,46,48)(H,49,56)(H,50,57);4-8,14,17,20H,9-13H2,1-3H3/t31-,32-,33-,34-;17-,20-/m00/s1. The fourth-order valence-corrected chi connectivity index (χ4v) is 12.0. The number of aliphatic imine (C=N–C) groups is 1. The number of allylic oxidation sites excluding steroid dienone is 1. The Balaban J connectivity index is 0.000000279. The van der Waals surface area contributed by atoms with Crippen molar-refractivity contribution in [2.45, 2.75) is 110 Å². The van der Waals surface area contributed by atoms with Crippen LogP contribution in [0.1, 0.15) is 96.5 Å². The minimum Gasteiger partial charge on any atom is -0.469 e. The van der Waals surface area contributed by atoms with Gasteiger partial charge in [0, 0.05) is 36.2 Å². The first-order valence-electron chi connectivity index (χ1n) is 30.1. The predicted molar refractivity (Wildman–Crippen MR) is 333 cm³/mol. The molecule has 4 aliphatic rings. The van der Waals surface area contributed by atoms with Gasteiger partial charge < -0.3 is 49.5 Å². The predicted octanol–water partition coefficient (Wildman–Crippen LogP) is 10.8. The van der Waals surface area contributed by atoms with Gasteiger partial charge in [0.1, 0.15) is 29.8 Å². The van der Waals surface area contributed by atoms with Crippen molar-refractivity contribution in [2.75, 3.05) is 67.4 Å². The Morgan fingerprint density at radius 2 is 1.03 bits per heavy atom. The Labute approximate surface area is 537 Å². The lowest BCUT2D eigenvalue weighted by Crippen LogP contribution is -2.51. The first-order chi connectivity index (χ1) is 43.5. The van der Waals surface area contributed by atoms with Gasteiger partial charge in [0.05, 0.1) is 102 Å². The summed E-state index contributed by atoms with van der Waals surface area (Å²) in [6.07, 6.45) is -3.20. The molecule has 9 rings (SSSR count). The van der Waals surface area contributed by atoms with Crippen LogP contribution in [0.3, 0.4) is 0 Å². The minimum absolute atomic E-state index is 0.0363. The molecule has 3 fully saturated rings. The van der Waals surface area contributed by atoms with Gasteiger partial charge in [-0.05, 0) is 70.5 Å². The molecule has 2 aromatic heterocycles. The van der Waals surface area contributed by atoms with Crippen molar-refractivity contribution in [3.63, 3.8) is 0 Å². The van der Waals surface area contributed by atoms with Crippen molar-refractivity contribution < 1.29 is 69.3 Å². The van der Waals surface area contributed by atoms with Gasteiger partial charge in [-0.3, -0.25) is 34.0 Å². The first-order valence-corrected chi connectivity index (χ1v) is 30.9. The number of hydrogen-bond donors (Lipinski definition) is 4. The Hall–Kier alpha value is -8.11. The second-order valence-corrected chi connectivity index (χ2v) is 25.1. The molecule has 496 valence electrons. The monoisotopic (exact) mass is 1350 g/mol. The molecule has 3 aromatic carbocycles.